The summed E-state index contributed by atoms with van der Waals surface area (Å²) in [6, 6.07) is 0. The SMILES string of the molecule is CCC(C)(O)CC1(C=O)CC1. The zero-order valence-corrected chi connectivity index (χ0v) is 7.26. The summed E-state index contributed by atoms with van der Waals surface area (Å²) in [6.07, 6.45) is 4.30. The van der Waals surface area contributed by atoms with E-state index in [1.807, 2.05) is 6.92 Å². The molecule has 2 heteroatoms. The van der Waals surface area contributed by atoms with Crippen LogP contribution in [0.15, 0.2) is 0 Å². The number of hydrogen-bond donors (Lipinski definition) is 1. The second kappa shape index (κ2) is 2.59. The van der Waals surface area contributed by atoms with Gasteiger partial charge in [0.15, 0.2) is 0 Å². The van der Waals surface area contributed by atoms with Crippen LogP contribution in [0.4, 0.5) is 0 Å². The van der Waals surface area contributed by atoms with E-state index in [0.717, 1.165) is 25.5 Å². The van der Waals surface area contributed by atoms with Crippen molar-refractivity contribution in [2.45, 2.75) is 45.1 Å². The third-order valence-electron chi connectivity index (χ3n) is 2.64. The van der Waals surface area contributed by atoms with Crippen LogP contribution < -0.4 is 0 Å². The normalized spacial score (nSPS) is 25.7. The summed E-state index contributed by atoms with van der Waals surface area (Å²) in [5.74, 6) is 0. The van der Waals surface area contributed by atoms with E-state index in [0.29, 0.717) is 6.42 Å². The van der Waals surface area contributed by atoms with E-state index in [4.69, 9.17) is 0 Å². The minimum absolute atomic E-state index is 0.153. The van der Waals surface area contributed by atoms with Gasteiger partial charge in [-0.1, -0.05) is 6.92 Å². The fourth-order valence-electron chi connectivity index (χ4n) is 1.38. The molecule has 0 amide bonds. The van der Waals surface area contributed by atoms with Crippen LogP contribution in [-0.2, 0) is 4.79 Å². The summed E-state index contributed by atoms with van der Waals surface area (Å²) in [6.45, 7) is 3.75. The second-order valence-electron chi connectivity index (χ2n) is 4.01. The van der Waals surface area contributed by atoms with Crippen molar-refractivity contribution in [1.82, 2.24) is 0 Å². The van der Waals surface area contributed by atoms with Gasteiger partial charge in [0.25, 0.3) is 0 Å². The first-order valence-corrected chi connectivity index (χ1v) is 4.22. The number of carbonyl (C=O) groups is 1. The number of aliphatic hydroxyl groups is 1. The summed E-state index contributed by atoms with van der Waals surface area (Å²) >= 11 is 0. The molecule has 1 saturated carbocycles. The summed E-state index contributed by atoms with van der Waals surface area (Å²) in [4.78, 5) is 10.6. The first-order chi connectivity index (χ1) is 5.04. The van der Waals surface area contributed by atoms with Gasteiger partial charge in [-0.15, -0.1) is 0 Å². The number of aldehydes is 1. The molecule has 1 unspecified atom stereocenters. The van der Waals surface area contributed by atoms with Crippen molar-refractivity contribution in [3.8, 4) is 0 Å². The van der Waals surface area contributed by atoms with Crippen molar-refractivity contribution in [2.75, 3.05) is 0 Å². The Balaban J connectivity index is 2.47. The van der Waals surface area contributed by atoms with Crippen LogP contribution in [0, 0.1) is 5.41 Å². The van der Waals surface area contributed by atoms with E-state index in [2.05, 4.69) is 0 Å². The highest BCUT2D eigenvalue weighted by atomic mass is 16.3. The molecule has 0 aromatic rings. The van der Waals surface area contributed by atoms with Crippen molar-refractivity contribution >= 4 is 6.29 Å². The van der Waals surface area contributed by atoms with Gasteiger partial charge in [-0.2, -0.15) is 0 Å². The molecular weight excluding hydrogens is 140 g/mol. The van der Waals surface area contributed by atoms with Crippen LogP contribution in [0.5, 0.6) is 0 Å². The lowest BCUT2D eigenvalue weighted by atomic mass is 9.89. The third-order valence-corrected chi connectivity index (χ3v) is 2.64. The summed E-state index contributed by atoms with van der Waals surface area (Å²) in [5, 5.41) is 9.67. The molecule has 0 radical (unpaired) electrons. The van der Waals surface area contributed by atoms with Crippen molar-refractivity contribution < 1.29 is 9.90 Å². The molecule has 1 fully saturated rings. The van der Waals surface area contributed by atoms with E-state index >= 15 is 0 Å². The predicted octanol–water partition coefficient (Wildman–Crippen LogP) is 1.52. The fraction of sp³-hybridized carbons (Fsp3) is 0.889. The maximum Gasteiger partial charge on any atom is 0.126 e. The van der Waals surface area contributed by atoms with E-state index in [9.17, 15) is 9.90 Å². The molecule has 1 atom stereocenters. The van der Waals surface area contributed by atoms with Crippen LogP contribution >= 0.6 is 0 Å². The number of carbonyl (C=O) groups excluding carboxylic acids is 1. The van der Waals surface area contributed by atoms with Crippen LogP contribution in [-0.4, -0.2) is 17.0 Å². The Hall–Kier alpha value is -0.370. The van der Waals surface area contributed by atoms with Crippen molar-refractivity contribution in [2.24, 2.45) is 5.41 Å². The molecule has 0 spiro atoms. The number of hydrogen-bond acceptors (Lipinski definition) is 2. The quantitative estimate of drug-likeness (QED) is 0.626. The van der Waals surface area contributed by atoms with Crippen molar-refractivity contribution in [3.05, 3.63) is 0 Å². The monoisotopic (exact) mass is 156 g/mol. The first-order valence-electron chi connectivity index (χ1n) is 4.22. The zero-order chi connectivity index (χ0) is 8.54. The van der Waals surface area contributed by atoms with E-state index in [1.54, 1.807) is 6.92 Å². The minimum atomic E-state index is -0.641. The predicted molar refractivity (Wildman–Crippen MR) is 43.3 cm³/mol. The Kier molecular flexibility index (Phi) is 2.06. The Morgan fingerprint density at radius 3 is 2.45 bits per heavy atom. The minimum Gasteiger partial charge on any atom is -0.390 e. The highest BCUT2D eigenvalue weighted by molar-refractivity contribution is 5.63. The molecule has 0 saturated heterocycles. The Bertz CT molecular complexity index is 157. The first kappa shape index (κ1) is 8.72. The van der Waals surface area contributed by atoms with Gasteiger partial charge in [-0.25, -0.2) is 0 Å². The van der Waals surface area contributed by atoms with Gasteiger partial charge < -0.3 is 9.90 Å². The topological polar surface area (TPSA) is 37.3 Å². The average Bonchev–Trinajstić information content (AvgIpc) is 2.69. The lowest BCUT2D eigenvalue weighted by Crippen LogP contribution is -2.27. The van der Waals surface area contributed by atoms with E-state index in [-0.39, 0.29) is 5.41 Å². The van der Waals surface area contributed by atoms with Gasteiger partial charge >= 0.3 is 0 Å². The summed E-state index contributed by atoms with van der Waals surface area (Å²) < 4.78 is 0. The third kappa shape index (κ3) is 2.03. The van der Waals surface area contributed by atoms with Crippen LogP contribution in [0.2, 0.25) is 0 Å². The Morgan fingerprint density at radius 1 is 1.64 bits per heavy atom. The fourth-order valence-corrected chi connectivity index (χ4v) is 1.38. The van der Waals surface area contributed by atoms with Crippen molar-refractivity contribution in [1.29, 1.82) is 0 Å². The lowest BCUT2D eigenvalue weighted by Gasteiger charge is -2.24. The molecule has 1 N–H and O–H groups in total. The standard InChI is InChI=1S/C9H16O2/c1-3-8(2,11)6-9(7-10)4-5-9/h7,11H,3-6H2,1-2H3. The second-order valence-corrected chi connectivity index (χ2v) is 4.01. The molecule has 1 aliphatic rings. The molecule has 0 aliphatic heterocycles. The van der Waals surface area contributed by atoms with E-state index in [1.165, 1.54) is 0 Å². The molecule has 2 nitrogen and oxygen atoms in total. The maximum atomic E-state index is 10.6. The van der Waals surface area contributed by atoms with Gasteiger partial charge in [-0.3, -0.25) is 0 Å². The lowest BCUT2D eigenvalue weighted by molar-refractivity contribution is -0.114. The van der Waals surface area contributed by atoms with Crippen LogP contribution in [0.1, 0.15) is 39.5 Å². The molecule has 1 rings (SSSR count). The van der Waals surface area contributed by atoms with Crippen LogP contribution in [0.3, 0.4) is 0 Å². The zero-order valence-electron chi connectivity index (χ0n) is 7.26. The molecule has 64 valence electrons. The average molecular weight is 156 g/mol. The molecular formula is C9H16O2. The molecule has 0 aromatic carbocycles. The molecule has 0 bridgehead atoms. The smallest absolute Gasteiger partial charge is 0.126 e. The van der Waals surface area contributed by atoms with Crippen molar-refractivity contribution in [3.63, 3.8) is 0 Å². The Labute approximate surface area is 67.6 Å². The summed E-state index contributed by atoms with van der Waals surface area (Å²) in [7, 11) is 0. The molecule has 0 aromatic heterocycles. The van der Waals surface area contributed by atoms with E-state index < -0.39 is 5.60 Å². The molecule has 1 aliphatic carbocycles. The number of rotatable bonds is 4. The molecule has 0 heterocycles. The van der Waals surface area contributed by atoms with Gasteiger partial charge in [0.1, 0.15) is 6.29 Å². The molecule has 11 heavy (non-hydrogen) atoms. The Morgan fingerprint density at radius 2 is 2.18 bits per heavy atom. The largest absolute Gasteiger partial charge is 0.390 e. The van der Waals surface area contributed by atoms with Gasteiger partial charge in [0.05, 0.1) is 5.60 Å². The van der Waals surface area contributed by atoms with Gasteiger partial charge in [0, 0.05) is 5.41 Å². The highest BCUT2D eigenvalue weighted by Crippen LogP contribution is 2.49. The summed E-state index contributed by atoms with van der Waals surface area (Å²) in [5.41, 5.74) is -0.795. The maximum absolute atomic E-state index is 10.6. The van der Waals surface area contributed by atoms with Gasteiger partial charge in [0.2, 0.25) is 0 Å². The van der Waals surface area contributed by atoms with Crippen LogP contribution in [0.25, 0.3) is 0 Å². The highest BCUT2D eigenvalue weighted by Gasteiger charge is 2.46. The van der Waals surface area contributed by atoms with Gasteiger partial charge in [-0.05, 0) is 32.6 Å².